The smallest absolute Gasteiger partial charge is 0.344 e. The van der Waals surface area contributed by atoms with E-state index in [1.165, 1.54) is 24.3 Å². The molecule has 0 amide bonds. The quantitative estimate of drug-likeness (QED) is 0.396. The lowest BCUT2D eigenvalue weighted by atomic mass is 9.95. The number of nitrogens with one attached hydrogen (secondary N) is 1. The number of halogens is 2. The average Bonchev–Trinajstić information content (AvgIpc) is 2.75. The molecular formula is C27H29F2NO3. The van der Waals surface area contributed by atoms with Crippen molar-refractivity contribution in [3.63, 3.8) is 0 Å². The van der Waals surface area contributed by atoms with Crippen molar-refractivity contribution in [3.05, 3.63) is 82.4 Å². The molecule has 1 N–H and O–H groups in total. The Morgan fingerprint density at radius 3 is 2.42 bits per heavy atom. The molecule has 3 aromatic carbocycles. The summed E-state index contributed by atoms with van der Waals surface area (Å²) in [6.45, 7) is 9.37. The summed E-state index contributed by atoms with van der Waals surface area (Å²) in [6.07, 6.45) is -0.234. The summed E-state index contributed by atoms with van der Waals surface area (Å²) in [5.41, 5.74) is 5.65. The molecule has 4 nitrogen and oxygen atoms in total. The van der Waals surface area contributed by atoms with E-state index in [2.05, 4.69) is 5.32 Å². The summed E-state index contributed by atoms with van der Waals surface area (Å²) in [4.78, 5) is 11.8. The van der Waals surface area contributed by atoms with E-state index >= 15 is 0 Å². The first-order chi connectivity index (χ1) is 15.7. The number of esters is 1. The summed E-state index contributed by atoms with van der Waals surface area (Å²) in [5, 5.41) is 3.17. The van der Waals surface area contributed by atoms with Crippen LogP contribution in [0.1, 0.15) is 36.1 Å². The topological polar surface area (TPSA) is 47.6 Å². The van der Waals surface area contributed by atoms with Gasteiger partial charge < -0.3 is 14.8 Å². The second kappa shape index (κ2) is 10.5. The Kier molecular flexibility index (Phi) is 7.69. The Hall–Kier alpha value is -3.41. The maximum Gasteiger partial charge on any atom is 0.344 e. The fraction of sp³-hybridized carbons (Fsp3) is 0.296. The molecule has 0 saturated carbocycles. The molecule has 0 bridgehead atoms. The number of hydrogen-bond donors (Lipinski definition) is 1. The largest absolute Gasteiger partial charge is 0.482 e. The lowest BCUT2D eigenvalue weighted by molar-refractivity contribution is -0.149. The van der Waals surface area contributed by atoms with Crippen LogP contribution in [-0.4, -0.2) is 18.7 Å². The van der Waals surface area contributed by atoms with Crippen LogP contribution >= 0.6 is 0 Å². The molecule has 33 heavy (non-hydrogen) atoms. The van der Waals surface area contributed by atoms with Crippen molar-refractivity contribution >= 4 is 11.7 Å². The van der Waals surface area contributed by atoms with Crippen LogP contribution in [0.15, 0.2) is 48.5 Å². The highest BCUT2D eigenvalue weighted by molar-refractivity contribution is 5.71. The summed E-state index contributed by atoms with van der Waals surface area (Å²) in [7, 11) is 0. The average molecular weight is 454 g/mol. The zero-order valence-electron chi connectivity index (χ0n) is 19.6. The Bertz CT molecular complexity index is 1160. The molecule has 0 atom stereocenters. The molecule has 6 heteroatoms. The first kappa shape index (κ1) is 24.2. The van der Waals surface area contributed by atoms with Crippen molar-refractivity contribution < 1.29 is 23.0 Å². The number of carbonyl (C=O) groups excluding carboxylic acids is 1. The van der Waals surface area contributed by atoms with Crippen LogP contribution in [-0.2, 0) is 16.1 Å². The second-order valence-electron chi connectivity index (χ2n) is 8.31. The van der Waals surface area contributed by atoms with Gasteiger partial charge in [-0.2, -0.15) is 0 Å². The van der Waals surface area contributed by atoms with Gasteiger partial charge in [-0.05, 0) is 92.8 Å². The van der Waals surface area contributed by atoms with Crippen molar-refractivity contribution in [1.29, 1.82) is 0 Å². The fourth-order valence-corrected chi connectivity index (χ4v) is 3.60. The van der Waals surface area contributed by atoms with Crippen molar-refractivity contribution in [2.45, 2.75) is 47.3 Å². The van der Waals surface area contributed by atoms with E-state index in [1.54, 1.807) is 26.8 Å². The second-order valence-corrected chi connectivity index (χ2v) is 8.31. The maximum absolute atomic E-state index is 14.6. The van der Waals surface area contributed by atoms with Crippen molar-refractivity contribution in [2.75, 3.05) is 11.9 Å². The van der Waals surface area contributed by atoms with Gasteiger partial charge >= 0.3 is 5.97 Å². The molecule has 0 spiro atoms. The maximum atomic E-state index is 14.6. The first-order valence-corrected chi connectivity index (χ1v) is 10.9. The molecule has 0 aliphatic rings. The third-order valence-electron chi connectivity index (χ3n) is 5.47. The fourth-order valence-electron chi connectivity index (χ4n) is 3.60. The number of ether oxygens (including phenoxy) is 2. The third kappa shape index (κ3) is 6.09. The minimum atomic E-state index is -0.483. The summed E-state index contributed by atoms with van der Waals surface area (Å²) in [6, 6.07) is 13.3. The van der Waals surface area contributed by atoms with Gasteiger partial charge in [-0.25, -0.2) is 13.6 Å². The Morgan fingerprint density at radius 1 is 0.970 bits per heavy atom. The van der Waals surface area contributed by atoms with E-state index < -0.39 is 11.8 Å². The van der Waals surface area contributed by atoms with E-state index in [4.69, 9.17) is 9.47 Å². The van der Waals surface area contributed by atoms with Crippen molar-refractivity contribution in [2.24, 2.45) is 0 Å². The number of anilines is 1. The van der Waals surface area contributed by atoms with Crippen molar-refractivity contribution in [3.8, 4) is 16.9 Å². The summed E-state index contributed by atoms with van der Waals surface area (Å²) < 4.78 is 39.0. The Labute approximate surface area is 193 Å². The lowest BCUT2D eigenvalue weighted by Crippen LogP contribution is -2.19. The van der Waals surface area contributed by atoms with Gasteiger partial charge in [0.2, 0.25) is 0 Å². The minimum Gasteiger partial charge on any atom is -0.482 e. The van der Waals surface area contributed by atoms with Crippen LogP contribution in [0.5, 0.6) is 5.75 Å². The predicted octanol–water partition coefficient (Wildman–Crippen LogP) is 6.50. The van der Waals surface area contributed by atoms with Gasteiger partial charge in [-0.15, -0.1) is 0 Å². The molecule has 0 saturated heterocycles. The van der Waals surface area contributed by atoms with E-state index in [0.29, 0.717) is 23.5 Å². The van der Waals surface area contributed by atoms with Gasteiger partial charge in [0.05, 0.1) is 11.8 Å². The molecular weight excluding hydrogens is 424 g/mol. The normalized spacial score (nSPS) is 10.9. The lowest BCUT2D eigenvalue weighted by Gasteiger charge is -2.17. The van der Waals surface area contributed by atoms with Crippen LogP contribution in [0, 0.1) is 32.4 Å². The summed E-state index contributed by atoms with van der Waals surface area (Å²) >= 11 is 0. The highest BCUT2D eigenvalue weighted by Crippen LogP contribution is 2.31. The minimum absolute atomic E-state index is 0.234. The Balaban J connectivity index is 1.81. The SMILES string of the molecule is Cc1cc(-c2cccc(F)c2)cc(CNc2c(F)ccc(OCC(=O)OC(C)C)c2C)c1C. The van der Waals surface area contributed by atoms with Crippen LogP contribution < -0.4 is 10.1 Å². The van der Waals surface area contributed by atoms with E-state index in [9.17, 15) is 13.6 Å². The van der Waals surface area contributed by atoms with E-state index in [-0.39, 0.29) is 18.5 Å². The number of rotatable bonds is 8. The van der Waals surface area contributed by atoms with Gasteiger partial charge in [0.25, 0.3) is 0 Å². The highest BCUT2D eigenvalue weighted by atomic mass is 19.1. The van der Waals surface area contributed by atoms with E-state index in [0.717, 1.165) is 27.8 Å². The number of carbonyl (C=O) groups is 1. The molecule has 0 radical (unpaired) electrons. The molecule has 0 unspecified atom stereocenters. The zero-order valence-corrected chi connectivity index (χ0v) is 19.6. The molecule has 174 valence electrons. The molecule has 0 fully saturated rings. The molecule has 0 aliphatic heterocycles. The van der Waals surface area contributed by atoms with Crippen LogP contribution in [0.4, 0.5) is 14.5 Å². The van der Waals surface area contributed by atoms with Crippen LogP contribution in [0.25, 0.3) is 11.1 Å². The van der Waals surface area contributed by atoms with Crippen LogP contribution in [0.2, 0.25) is 0 Å². The first-order valence-electron chi connectivity index (χ1n) is 10.9. The standard InChI is InChI=1S/C27H29F2NO3/c1-16(2)33-26(31)15-32-25-10-9-24(29)27(19(25)5)30-14-22-12-21(11-17(3)18(22)4)20-7-6-8-23(28)13-20/h6-13,16,30H,14-15H2,1-5H3. The molecule has 0 aromatic heterocycles. The van der Waals surface area contributed by atoms with Gasteiger partial charge in [0.1, 0.15) is 17.4 Å². The van der Waals surface area contributed by atoms with Gasteiger partial charge in [0.15, 0.2) is 6.61 Å². The third-order valence-corrected chi connectivity index (χ3v) is 5.47. The van der Waals surface area contributed by atoms with Crippen molar-refractivity contribution in [1.82, 2.24) is 0 Å². The molecule has 3 aromatic rings. The number of hydrogen-bond acceptors (Lipinski definition) is 4. The van der Waals surface area contributed by atoms with Crippen LogP contribution in [0.3, 0.4) is 0 Å². The Morgan fingerprint density at radius 2 is 1.73 bits per heavy atom. The number of aryl methyl sites for hydroxylation is 1. The highest BCUT2D eigenvalue weighted by Gasteiger charge is 2.15. The zero-order chi connectivity index (χ0) is 24.1. The molecule has 0 heterocycles. The predicted molar refractivity (Wildman–Crippen MR) is 126 cm³/mol. The molecule has 3 rings (SSSR count). The van der Waals surface area contributed by atoms with E-state index in [1.807, 2.05) is 32.0 Å². The summed E-state index contributed by atoms with van der Waals surface area (Å²) in [5.74, 6) is -0.790. The van der Waals surface area contributed by atoms with Gasteiger partial charge in [-0.3, -0.25) is 0 Å². The van der Waals surface area contributed by atoms with Gasteiger partial charge in [-0.1, -0.05) is 18.2 Å². The molecule has 0 aliphatic carbocycles. The number of benzene rings is 3. The van der Waals surface area contributed by atoms with Gasteiger partial charge in [0, 0.05) is 12.1 Å². The monoisotopic (exact) mass is 453 g/mol.